The van der Waals surface area contributed by atoms with Crippen LogP contribution in [0.1, 0.15) is 25.6 Å². The first-order chi connectivity index (χ1) is 10.1. The number of fused-ring (bicyclic) bond motifs is 1. The molecule has 1 heterocycles. The zero-order chi connectivity index (χ0) is 15.4. The van der Waals surface area contributed by atoms with Crippen molar-refractivity contribution in [2.24, 2.45) is 0 Å². The summed E-state index contributed by atoms with van der Waals surface area (Å²) < 4.78 is 1.87. The molecule has 1 aromatic carbocycles. The molecule has 0 fully saturated rings. The highest BCUT2D eigenvalue weighted by Gasteiger charge is 2.26. The molecule has 2 rings (SSSR count). The highest BCUT2D eigenvalue weighted by molar-refractivity contribution is 8.14. The number of Topliss-reactive ketones (excluding diaryl/α,β-unsaturated/α-hetero) is 1. The van der Waals surface area contributed by atoms with Crippen LogP contribution in [0, 0.1) is 11.3 Å². The molecule has 0 aliphatic carbocycles. The molecular weight excluding hydrogens is 286 g/mol. The number of aryl methyl sites for hydroxylation is 1. The molecule has 1 unspecified atom stereocenters. The SMILES string of the molecule is CCn1c(C(C#N)C(=O)CSC(C)=O)nc2ccccc21. The maximum Gasteiger partial charge on any atom is 0.186 e. The van der Waals surface area contributed by atoms with Gasteiger partial charge >= 0.3 is 0 Å². The Labute approximate surface area is 127 Å². The highest BCUT2D eigenvalue weighted by Crippen LogP contribution is 2.23. The summed E-state index contributed by atoms with van der Waals surface area (Å²) in [5, 5.41) is 9.21. The van der Waals surface area contributed by atoms with Gasteiger partial charge in [0.05, 0.1) is 22.9 Å². The van der Waals surface area contributed by atoms with Crippen LogP contribution in [0.5, 0.6) is 0 Å². The maximum atomic E-state index is 12.2. The number of nitriles is 1. The van der Waals surface area contributed by atoms with E-state index in [2.05, 4.69) is 4.98 Å². The molecule has 0 bridgehead atoms. The van der Waals surface area contributed by atoms with Crippen LogP contribution in [0.15, 0.2) is 24.3 Å². The maximum absolute atomic E-state index is 12.2. The van der Waals surface area contributed by atoms with Crippen LogP contribution in [0.25, 0.3) is 11.0 Å². The molecule has 1 atom stereocenters. The van der Waals surface area contributed by atoms with Crippen molar-refractivity contribution in [3.05, 3.63) is 30.1 Å². The van der Waals surface area contributed by atoms with Gasteiger partial charge < -0.3 is 4.57 Å². The second-order valence-corrected chi connectivity index (χ2v) is 5.66. The third-order valence-electron chi connectivity index (χ3n) is 3.13. The minimum absolute atomic E-state index is 0.000476. The Hall–Kier alpha value is -2.13. The van der Waals surface area contributed by atoms with Crippen LogP contribution >= 0.6 is 11.8 Å². The first-order valence-corrected chi connectivity index (χ1v) is 7.57. The molecular formula is C15H15N3O2S. The molecule has 0 aliphatic heterocycles. The van der Waals surface area contributed by atoms with Crippen molar-refractivity contribution in [3.63, 3.8) is 0 Å². The van der Waals surface area contributed by atoms with Crippen LogP contribution in [0.3, 0.4) is 0 Å². The zero-order valence-corrected chi connectivity index (χ0v) is 12.7. The molecule has 0 saturated carbocycles. The van der Waals surface area contributed by atoms with Crippen molar-refractivity contribution in [1.82, 2.24) is 9.55 Å². The molecule has 6 heteroatoms. The van der Waals surface area contributed by atoms with Crippen molar-refractivity contribution in [2.75, 3.05) is 5.75 Å². The normalized spacial score (nSPS) is 12.0. The Bertz CT molecular complexity index is 730. The quantitative estimate of drug-likeness (QED) is 0.848. The molecule has 0 radical (unpaired) electrons. The van der Waals surface area contributed by atoms with Gasteiger partial charge in [0.25, 0.3) is 0 Å². The number of benzene rings is 1. The van der Waals surface area contributed by atoms with Gasteiger partial charge in [-0.1, -0.05) is 23.9 Å². The van der Waals surface area contributed by atoms with Crippen molar-refractivity contribution >= 4 is 33.7 Å². The number of nitrogens with zero attached hydrogens (tertiary/aromatic N) is 3. The number of hydrogen-bond acceptors (Lipinski definition) is 5. The Kier molecular flexibility index (Phi) is 4.76. The Morgan fingerprint density at radius 3 is 2.76 bits per heavy atom. The largest absolute Gasteiger partial charge is 0.327 e. The van der Waals surface area contributed by atoms with Gasteiger partial charge in [-0.25, -0.2) is 4.98 Å². The number of carbonyl (C=O) groups is 2. The van der Waals surface area contributed by atoms with Gasteiger partial charge in [-0.3, -0.25) is 9.59 Å². The van der Waals surface area contributed by atoms with Crippen molar-refractivity contribution < 1.29 is 9.59 Å². The van der Waals surface area contributed by atoms with E-state index in [-0.39, 0.29) is 16.7 Å². The second-order valence-electron chi connectivity index (χ2n) is 4.51. The lowest BCUT2D eigenvalue weighted by molar-refractivity contribution is -0.117. The lowest BCUT2D eigenvalue weighted by Gasteiger charge is -2.10. The fourth-order valence-corrected chi connectivity index (χ4v) is 2.69. The van der Waals surface area contributed by atoms with Crippen LogP contribution in [0.4, 0.5) is 0 Å². The topological polar surface area (TPSA) is 75.8 Å². The first kappa shape index (κ1) is 15.3. The molecule has 1 aromatic heterocycles. The number of hydrogen-bond donors (Lipinski definition) is 0. The third-order valence-corrected chi connectivity index (χ3v) is 3.96. The van der Waals surface area contributed by atoms with Crippen LogP contribution in [-0.2, 0) is 16.1 Å². The van der Waals surface area contributed by atoms with Crippen molar-refractivity contribution in [2.45, 2.75) is 26.3 Å². The molecule has 21 heavy (non-hydrogen) atoms. The number of thioether (sulfide) groups is 1. The number of para-hydroxylation sites is 2. The van der Waals surface area contributed by atoms with Crippen LogP contribution < -0.4 is 0 Å². The number of imidazole rings is 1. The summed E-state index contributed by atoms with van der Waals surface area (Å²) in [6, 6.07) is 9.56. The van der Waals surface area contributed by atoms with E-state index in [9.17, 15) is 14.9 Å². The molecule has 0 N–H and O–H groups in total. The van der Waals surface area contributed by atoms with E-state index in [1.165, 1.54) is 6.92 Å². The van der Waals surface area contributed by atoms with E-state index in [4.69, 9.17) is 0 Å². The molecule has 0 aliphatic rings. The number of rotatable bonds is 5. The zero-order valence-electron chi connectivity index (χ0n) is 11.9. The minimum Gasteiger partial charge on any atom is -0.327 e. The smallest absolute Gasteiger partial charge is 0.186 e. The summed E-state index contributed by atoms with van der Waals surface area (Å²) in [6.45, 7) is 3.97. The van der Waals surface area contributed by atoms with Crippen LogP contribution in [-0.4, -0.2) is 26.2 Å². The van der Waals surface area contributed by atoms with Gasteiger partial charge in [0.15, 0.2) is 16.8 Å². The van der Waals surface area contributed by atoms with Gasteiger partial charge in [0, 0.05) is 13.5 Å². The van der Waals surface area contributed by atoms with Gasteiger partial charge in [-0.15, -0.1) is 0 Å². The van der Waals surface area contributed by atoms with E-state index < -0.39 is 5.92 Å². The average Bonchev–Trinajstić information content (AvgIpc) is 2.84. The van der Waals surface area contributed by atoms with E-state index >= 15 is 0 Å². The summed E-state index contributed by atoms with van der Waals surface area (Å²) in [5.41, 5.74) is 1.67. The minimum atomic E-state index is -0.941. The molecule has 108 valence electrons. The summed E-state index contributed by atoms with van der Waals surface area (Å²) in [5.74, 6) is -0.775. The number of carbonyl (C=O) groups excluding carboxylic acids is 2. The van der Waals surface area contributed by atoms with Gasteiger partial charge in [-0.2, -0.15) is 5.26 Å². The lowest BCUT2D eigenvalue weighted by atomic mass is 10.1. The third kappa shape index (κ3) is 3.14. The van der Waals surface area contributed by atoms with E-state index in [0.717, 1.165) is 22.8 Å². The summed E-state index contributed by atoms with van der Waals surface area (Å²) >= 11 is 0.921. The monoisotopic (exact) mass is 301 g/mol. The fraction of sp³-hybridized carbons (Fsp3) is 0.333. The molecule has 0 saturated heterocycles. The van der Waals surface area contributed by atoms with E-state index in [1.807, 2.05) is 41.8 Å². The average molecular weight is 301 g/mol. The van der Waals surface area contributed by atoms with E-state index in [0.29, 0.717) is 12.4 Å². The summed E-state index contributed by atoms with van der Waals surface area (Å²) in [7, 11) is 0. The number of ketones is 1. The lowest BCUT2D eigenvalue weighted by Crippen LogP contribution is -2.18. The van der Waals surface area contributed by atoms with Crippen LogP contribution in [0.2, 0.25) is 0 Å². The molecule has 0 spiro atoms. The molecule has 2 aromatic rings. The standard InChI is InChI=1S/C15H15N3O2S/c1-3-18-13-7-5-4-6-12(13)17-15(18)11(8-16)14(20)9-21-10(2)19/h4-7,11H,3,9H2,1-2H3. The fourth-order valence-electron chi connectivity index (χ4n) is 2.18. The Morgan fingerprint density at radius 2 is 2.14 bits per heavy atom. The van der Waals surface area contributed by atoms with Gasteiger partial charge in [0.1, 0.15) is 5.82 Å². The van der Waals surface area contributed by atoms with Crippen molar-refractivity contribution in [3.8, 4) is 6.07 Å². The second kappa shape index (κ2) is 6.55. The highest BCUT2D eigenvalue weighted by atomic mass is 32.2. The van der Waals surface area contributed by atoms with Crippen molar-refractivity contribution in [1.29, 1.82) is 5.26 Å². The van der Waals surface area contributed by atoms with Gasteiger partial charge in [0.2, 0.25) is 0 Å². The van der Waals surface area contributed by atoms with E-state index in [1.54, 1.807) is 0 Å². The summed E-state index contributed by atoms with van der Waals surface area (Å²) in [4.78, 5) is 27.6. The summed E-state index contributed by atoms with van der Waals surface area (Å²) in [6.07, 6.45) is 0. The first-order valence-electron chi connectivity index (χ1n) is 6.59. The molecule has 0 amide bonds. The predicted molar refractivity (Wildman–Crippen MR) is 81.9 cm³/mol. The molecule has 5 nitrogen and oxygen atoms in total. The Morgan fingerprint density at radius 1 is 1.43 bits per heavy atom. The predicted octanol–water partition coefficient (Wildman–Crippen LogP) is 2.51. The Balaban J connectivity index is 2.40. The number of aromatic nitrogens is 2. The van der Waals surface area contributed by atoms with Gasteiger partial charge in [-0.05, 0) is 19.1 Å².